The maximum absolute atomic E-state index is 13.3. The van der Waals surface area contributed by atoms with Crippen molar-refractivity contribution < 1.29 is 23.4 Å². The summed E-state index contributed by atoms with van der Waals surface area (Å²) in [5.74, 6) is -0.368. The number of carboxylic acid groups (broad SMARTS) is 1. The molecular weight excluding hydrogens is 603 g/mol. The van der Waals surface area contributed by atoms with Crippen molar-refractivity contribution in [1.29, 1.82) is 0 Å². The average Bonchev–Trinajstić information content (AvgIpc) is 3.49. The fraction of sp³-hybridized carbons (Fsp3) is 0.433. The van der Waals surface area contributed by atoms with E-state index >= 15 is 0 Å². The van der Waals surface area contributed by atoms with Gasteiger partial charge in [-0.05, 0) is 74.3 Å². The van der Waals surface area contributed by atoms with Crippen LogP contribution in [0, 0.1) is 5.92 Å². The number of halogens is 2. The number of carbonyl (C=O) groups is 1. The number of fused-ring (bicyclic) bond motifs is 1. The van der Waals surface area contributed by atoms with Gasteiger partial charge in [-0.1, -0.05) is 59.6 Å². The first kappa shape index (κ1) is 31.9. The van der Waals surface area contributed by atoms with E-state index in [0.717, 1.165) is 40.5 Å². The van der Waals surface area contributed by atoms with Gasteiger partial charge in [-0.15, -0.1) is 11.3 Å². The van der Waals surface area contributed by atoms with Gasteiger partial charge in [0.2, 0.25) is 0 Å². The quantitative estimate of drug-likeness (QED) is 0.215. The van der Waals surface area contributed by atoms with Gasteiger partial charge in [0.25, 0.3) is 10.0 Å². The van der Waals surface area contributed by atoms with Gasteiger partial charge in [0, 0.05) is 48.2 Å². The lowest BCUT2D eigenvalue weighted by Crippen LogP contribution is -2.47. The van der Waals surface area contributed by atoms with Gasteiger partial charge in [0.05, 0.1) is 6.10 Å². The molecule has 0 unspecified atom stereocenters. The van der Waals surface area contributed by atoms with Crippen LogP contribution in [0.2, 0.25) is 9.36 Å². The van der Waals surface area contributed by atoms with Gasteiger partial charge in [0.1, 0.15) is 8.55 Å². The molecule has 0 saturated heterocycles. The normalized spacial score (nSPS) is 14.9. The molecule has 1 heterocycles. The Morgan fingerprint density at radius 2 is 1.78 bits per heavy atom. The van der Waals surface area contributed by atoms with E-state index in [2.05, 4.69) is 43.4 Å². The number of thiophene rings is 1. The summed E-state index contributed by atoms with van der Waals surface area (Å²) in [5.41, 5.74) is 4.41. The molecule has 2 aromatic carbocycles. The maximum atomic E-state index is 13.3. The van der Waals surface area contributed by atoms with Gasteiger partial charge in [-0.3, -0.25) is 4.79 Å². The van der Waals surface area contributed by atoms with E-state index in [9.17, 15) is 18.3 Å². The number of aliphatic hydroxyl groups excluding tert-OH is 1. The highest BCUT2D eigenvalue weighted by molar-refractivity contribution is 7.91. The van der Waals surface area contributed by atoms with Crippen LogP contribution in [0.4, 0.5) is 0 Å². The zero-order valence-electron chi connectivity index (χ0n) is 23.4. The molecule has 3 N–H and O–H groups in total. The lowest BCUT2D eigenvalue weighted by Gasteiger charge is -2.31. The number of likely N-dealkylation sites (N-methyl/N-ethyl adjacent to an activating group) is 1. The number of β-amino-alcohol motifs (C(OH)–C–C–N with tert-alkyl or cyclic N) is 1. The molecule has 0 bridgehead atoms. The molecule has 41 heavy (non-hydrogen) atoms. The Morgan fingerprint density at radius 1 is 1.12 bits per heavy atom. The lowest BCUT2D eigenvalue weighted by atomic mass is 9.88. The second kappa shape index (κ2) is 13.1. The predicted molar refractivity (Wildman–Crippen MR) is 166 cm³/mol. The summed E-state index contributed by atoms with van der Waals surface area (Å²) in [4.78, 5) is 10.9. The molecule has 0 amide bonds. The van der Waals surface area contributed by atoms with E-state index < -0.39 is 22.1 Å². The zero-order valence-corrected chi connectivity index (χ0v) is 26.5. The third-order valence-electron chi connectivity index (χ3n) is 7.50. The Hall–Kier alpha value is -1.98. The molecule has 1 aliphatic rings. The summed E-state index contributed by atoms with van der Waals surface area (Å²) < 4.78 is 28.2. The molecule has 3 aromatic rings. The third-order valence-corrected chi connectivity index (χ3v) is 11.4. The minimum absolute atomic E-state index is 0.0161. The van der Waals surface area contributed by atoms with Crippen LogP contribution in [0.25, 0.3) is 11.1 Å². The van der Waals surface area contributed by atoms with Crippen LogP contribution in [0.3, 0.4) is 0 Å². The predicted octanol–water partition coefficient (Wildman–Crippen LogP) is 5.89. The molecule has 11 heteroatoms. The van der Waals surface area contributed by atoms with E-state index in [1.54, 1.807) is 18.2 Å². The van der Waals surface area contributed by atoms with Crippen LogP contribution >= 0.6 is 34.5 Å². The Kier molecular flexibility index (Phi) is 10.2. The van der Waals surface area contributed by atoms with Crippen molar-refractivity contribution in [3.05, 3.63) is 74.6 Å². The van der Waals surface area contributed by atoms with Crippen molar-refractivity contribution >= 4 is 50.5 Å². The van der Waals surface area contributed by atoms with E-state index in [4.69, 9.17) is 28.3 Å². The molecule has 0 saturated carbocycles. The molecule has 1 atom stereocenters. The van der Waals surface area contributed by atoms with Gasteiger partial charge in [-0.25, -0.2) is 8.42 Å². The SMILES string of the molecule is CN(C[C@H](O)CNC(C)(C)CC1Cc2ccccc2C1)S(=O)(=O)c1cc(-c2ccc(CCC(=O)O)cc2Cl)c(Cl)s1. The summed E-state index contributed by atoms with van der Waals surface area (Å²) in [5, 5.41) is 23.4. The van der Waals surface area contributed by atoms with Crippen LogP contribution in [0.5, 0.6) is 0 Å². The number of carboxylic acids is 1. The summed E-state index contributed by atoms with van der Waals surface area (Å²) in [6.07, 6.45) is 2.46. The monoisotopic (exact) mass is 638 g/mol. The molecule has 4 rings (SSSR count). The van der Waals surface area contributed by atoms with Crippen molar-refractivity contribution in [3.8, 4) is 11.1 Å². The number of hydrogen-bond acceptors (Lipinski definition) is 6. The Bertz CT molecular complexity index is 1480. The number of rotatable bonds is 13. The zero-order chi connectivity index (χ0) is 29.9. The number of benzene rings is 2. The Labute approximate surface area is 256 Å². The first-order valence-corrected chi connectivity index (χ1v) is 16.5. The largest absolute Gasteiger partial charge is 0.481 e. The topological polar surface area (TPSA) is 107 Å². The number of sulfonamides is 1. The molecule has 7 nitrogen and oxygen atoms in total. The van der Waals surface area contributed by atoms with Crippen LogP contribution in [0.15, 0.2) is 52.7 Å². The first-order chi connectivity index (χ1) is 19.2. The minimum Gasteiger partial charge on any atom is -0.481 e. The summed E-state index contributed by atoms with van der Waals surface area (Å²) in [6.45, 7) is 4.40. The highest BCUT2D eigenvalue weighted by Crippen LogP contribution is 2.41. The number of aliphatic carboxylic acids is 1. The fourth-order valence-electron chi connectivity index (χ4n) is 5.44. The smallest absolute Gasteiger partial charge is 0.303 e. The average molecular weight is 640 g/mol. The minimum atomic E-state index is -3.91. The summed E-state index contributed by atoms with van der Waals surface area (Å²) in [6, 6.07) is 15.2. The van der Waals surface area contributed by atoms with Crippen molar-refractivity contribution in [3.63, 3.8) is 0 Å². The molecule has 222 valence electrons. The molecule has 1 aromatic heterocycles. The van der Waals surface area contributed by atoms with E-state index in [-0.39, 0.29) is 33.6 Å². The molecular formula is C30H36Cl2N2O5S2. The van der Waals surface area contributed by atoms with E-state index in [0.29, 0.717) is 28.5 Å². The van der Waals surface area contributed by atoms with Crippen molar-refractivity contribution in [1.82, 2.24) is 9.62 Å². The standard InChI is InChI=1S/C30H36Cl2N2O5S2/c1-30(2,16-20-12-21-6-4-5-7-22(21)13-20)33-17-23(35)18-34(3)41(38,39)28-15-25(29(32)40-28)24-10-8-19(14-26(24)31)9-11-27(36)37/h4-8,10,14-15,20,23,33,35H,9,11-13,16-18H2,1-3H3,(H,36,37)/t23-/m1/s1. The first-order valence-electron chi connectivity index (χ1n) is 13.5. The highest BCUT2D eigenvalue weighted by Gasteiger charge is 2.30. The number of hydrogen-bond donors (Lipinski definition) is 3. The lowest BCUT2D eigenvalue weighted by molar-refractivity contribution is -0.136. The van der Waals surface area contributed by atoms with Gasteiger partial charge in [-0.2, -0.15) is 4.31 Å². The fourth-order valence-corrected chi connectivity index (χ4v) is 8.91. The summed E-state index contributed by atoms with van der Waals surface area (Å²) in [7, 11) is -2.47. The molecule has 0 aliphatic heterocycles. The van der Waals surface area contributed by atoms with Crippen LogP contribution in [-0.2, 0) is 34.1 Å². The third kappa shape index (κ3) is 8.10. The Morgan fingerprint density at radius 3 is 2.39 bits per heavy atom. The summed E-state index contributed by atoms with van der Waals surface area (Å²) >= 11 is 13.8. The molecule has 0 spiro atoms. The molecule has 0 fully saturated rings. The van der Waals surface area contributed by atoms with Gasteiger partial charge < -0.3 is 15.5 Å². The highest BCUT2D eigenvalue weighted by atomic mass is 35.5. The van der Waals surface area contributed by atoms with Crippen LogP contribution in [-0.4, -0.2) is 60.7 Å². The van der Waals surface area contributed by atoms with Crippen molar-refractivity contribution in [2.24, 2.45) is 5.92 Å². The van der Waals surface area contributed by atoms with Crippen molar-refractivity contribution in [2.45, 2.75) is 61.8 Å². The Balaban J connectivity index is 1.35. The maximum Gasteiger partial charge on any atom is 0.303 e. The number of nitrogens with one attached hydrogen (secondary N) is 1. The van der Waals surface area contributed by atoms with E-state index in [1.807, 2.05) is 0 Å². The number of aryl methyl sites for hydroxylation is 1. The van der Waals surface area contributed by atoms with Crippen LogP contribution < -0.4 is 5.32 Å². The molecule has 1 aliphatic carbocycles. The molecule has 0 radical (unpaired) electrons. The van der Waals surface area contributed by atoms with Crippen LogP contribution in [0.1, 0.15) is 43.4 Å². The number of aliphatic hydroxyl groups is 1. The van der Waals surface area contributed by atoms with E-state index in [1.165, 1.54) is 24.2 Å². The van der Waals surface area contributed by atoms with Gasteiger partial charge >= 0.3 is 5.97 Å². The number of nitrogens with zero attached hydrogens (tertiary/aromatic N) is 1. The van der Waals surface area contributed by atoms with Crippen molar-refractivity contribution in [2.75, 3.05) is 20.1 Å². The second-order valence-electron chi connectivity index (χ2n) is 11.4. The van der Waals surface area contributed by atoms with Gasteiger partial charge in [0.15, 0.2) is 0 Å². The second-order valence-corrected chi connectivity index (χ2v) is 15.7.